The van der Waals surface area contributed by atoms with Gasteiger partial charge in [-0.05, 0) is 149 Å². The van der Waals surface area contributed by atoms with Gasteiger partial charge in [0.2, 0.25) is 11.8 Å². The van der Waals surface area contributed by atoms with E-state index in [1.165, 1.54) is 11.1 Å². The third-order valence-corrected chi connectivity index (χ3v) is 12.9. The normalized spacial score (nSPS) is 19.2. The molecule has 0 spiro atoms. The summed E-state index contributed by atoms with van der Waals surface area (Å²) >= 11 is 0. The molecule has 2 aliphatic rings. The fourth-order valence-corrected chi connectivity index (χ4v) is 9.05. The van der Waals surface area contributed by atoms with Crippen molar-refractivity contribution in [3.05, 3.63) is 82.6 Å². The Balaban J connectivity index is 0.000000277. The minimum Gasteiger partial charge on any atom is -0.480 e. The van der Waals surface area contributed by atoms with Crippen LogP contribution in [0.4, 0.5) is 13.2 Å². The molecule has 14 nitrogen and oxygen atoms in total. The molecule has 6 rings (SSSR count). The van der Waals surface area contributed by atoms with Crippen LogP contribution < -0.4 is 5.32 Å². The van der Waals surface area contributed by atoms with E-state index in [-0.39, 0.29) is 36.1 Å². The monoisotopic (exact) mass is 1010 g/mol. The number of aryl methyl sites for hydroxylation is 4. The number of alkyl halides is 3. The van der Waals surface area contributed by atoms with E-state index in [0.29, 0.717) is 36.8 Å². The zero-order valence-corrected chi connectivity index (χ0v) is 44.4. The van der Waals surface area contributed by atoms with Crippen molar-refractivity contribution in [2.24, 2.45) is 23.7 Å². The van der Waals surface area contributed by atoms with E-state index in [0.717, 1.165) is 98.5 Å². The van der Waals surface area contributed by atoms with Gasteiger partial charge in [-0.15, -0.1) is 0 Å². The number of carbonyl (C=O) groups is 3. The number of aromatic nitrogens is 2. The summed E-state index contributed by atoms with van der Waals surface area (Å²) < 4.78 is 61.6. The highest BCUT2D eigenvalue weighted by molar-refractivity contribution is 5.76. The van der Waals surface area contributed by atoms with Crippen molar-refractivity contribution in [3.63, 3.8) is 0 Å². The number of aliphatic carboxylic acids is 2. The second-order valence-electron chi connectivity index (χ2n) is 21.1. The van der Waals surface area contributed by atoms with Crippen LogP contribution in [0.3, 0.4) is 0 Å². The number of likely N-dealkylation sites (N-methyl/N-ethyl adjacent to an activating group) is 1. The minimum atomic E-state index is -5.08. The predicted octanol–water partition coefficient (Wildman–Crippen LogP) is 11.7. The van der Waals surface area contributed by atoms with Crippen molar-refractivity contribution in [1.29, 1.82) is 0 Å². The van der Waals surface area contributed by atoms with Crippen molar-refractivity contribution >= 4 is 17.9 Å². The van der Waals surface area contributed by atoms with Crippen molar-refractivity contribution in [2.45, 2.75) is 177 Å². The zero-order valence-electron chi connectivity index (χ0n) is 44.4. The van der Waals surface area contributed by atoms with Gasteiger partial charge in [0, 0.05) is 17.7 Å². The van der Waals surface area contributed by atoms with E-state index in [4.69, 9.17) is 32.9 Å². The Labute approximate surface area is 423 Å². The van der Waals surface area contributed by atoms with Crippen LogP contribution >= 0.6 is 0 Å². The van der Waals surface area contributed by atoms with Gasteiger partial charge in [-0.25, -0.2) is 14.8 Å². The highest BCUT2D eigenvalue weighted by Gasteiger charge is 2.38. The third-order valence-electron chi connectivity index (χ3n) is 12.9. The molecule has 2 aromatic carbocycles. The molecule has 0 amide bonds. The molecule has 4 aromatic rings. The summed E-state index contributed by atoms with van der Waals surface area (Å²) in [6.45, 7) is 24.2. The summed E-state index contributed by atoms with van der Waals surface area (Å²) in [6, 6.07) is 15.6. The highest BCUT2D eigenvalue weighted by Crippen LogP contribution is 2.31. The average molecular weight is 1010 g/mol. The lowest BCUT2D eigenvalue weighted by atomic mass is 9.86. The van der Waals surface area contributed by atoms with Gasteiger partial charge >= 0.3 is 24.1 Å². The Hall–Kier alpha value is -5.10. The Kier molecular flexibility index (Phi) is 22.5. The standard InChI is InChI=1S/C28H42N2O4.C25H36N2O4.C2HF3O2/c1-18(2)25(27(31)34-28(5,6)7)29-16-21-9-8-10-23(15-21)32-17-24-20(4)33-26(30-24)22-13-11-19(3)12-14-22;1-16(2)23(25(28)29)27(5)14-19-7-6-8-21(13-19)30-15-22-18(4)31-24(26-22)20-11-9-17(3)10-12-20;3-2(4,5)1(6)7/h11-14,18,21,23,25,29H,8-10,15-17H2,1-7H3;9-12,16,19,21,23H,6-8,13-15H2,1-5H3,(H,28,29);(H,6,7)/t21?,23?,25-;19?,21?,23-;/m00./s1. The van der Waals surface area contributed by atoms with Crippen molar-refractivity contribution in [3.8, 4) is 22.9 Å². The summed E-state index contributed by atoms with van der Waals surface area (Å²) in [5.41, 5.74) is 5.60. The number of hydrogen-bond donors (Lipinski definition) is 3. The summed E-state index contributed by atoms with van der Waals surface area (Å²) in [5, 5.41) is 20.2. The molecule has 72 heavy (non-hydrogen) atoms. The van der Waals surface area contributed by atoms with Gasteiger partial charge < -0.3 is 38.6 Å². The summed E-state index contributed by atoms with van der Waals surface area (Å²) in [4.78, 5) is 44.5. The van der Waals surface area contributed by atoms with Gasteiger partial charge in [-0.1, -0.05) is 75.9 Å². The number of carbonyl (C=O) groups excluding carboxylic acids is 1. The van der Waals surface area contributed by atoms with Crippen molar-refractivity contribution in [2.75, 3.05) is 20.1 Å². The van der Waals surface area contributed by atoms with Gasteiger partial charge in [0.25, 0.3) is 0 Å². The fraction of sp³-hybridized carbons (Fsp3) is 0.618. The highest BCUT2D eigenvalue weighted by atomic mass is 19.4. The number of hydrogen-bond acceptors (Lipinski definition) is 12. The molecule has 2 aromatic heterocycles. The Morgan fingerprint density at radius 3 is 1.54 bits per heavy atom. The van der Waals surface area contributed by atoms with Crippen LogP contribution in [-0.2, 0) is 41.8 Å². The maximum atomic E-state index is 12.6. The zero-order chi connectivity index (χ0) is 53.5. The lowest BCUT2D eigenvalue weighted by Crippen LogP contribution is -2.46. The van der Waals surface area contributed by atoms with Crippen LogP contribution in [0.5, 0.6) is 0 Å². The van der Waals surface area contributed by atoms with Crippen LogP contribution in [0.1, 0.15) is 134 Å². The molecule has 0 bridgehead atoms. The maximum absolute atomic E-state index is 12.6. The van der Waals surface area contributed by atoms with Crippen LogP contribution in [-0.4, -0.2) is 99.2 Å². The van der Waals surface area contributed by atoms with E-state index < -0.39 is 29.8 Å². The number of ether oxygens (including phenoxy) is 3. The van der Waals surface area contributed by atoms with Crippen LogP contribution in [0, 0.1) is 51.4 Å². The molecule has 2 heterocycles. The van der Waals surface area contributed by atoms with Crippen molar-refractivity contribution in [1.82, 2.24) is 20.2 Å². The number of nitrogens with one attached hydrogen (secondary N) is 1. The summed E-state index contributed by atoms with van der Waals surface area (Å²) in [5.74, 6) is 0.382. The van der Waals surface area contributed by atoms with Gasteiger partial charge in [-0.3, -0.25) is 14.5 Å². The molecule has 0 saturated heterocycles. The molecular formula is C55H79F3N4O10. The molecule has 17 heteroatoms. The number of esters is 1. The average Bonchev–Trinajstić information content (AvgIpc) is 3.85. The Morgan fingerprint density at radius 1 is 0.722 bits per heavy atom. The van der Waals surface area contributed by atoms with Crippen LogP contribution in [0.2, 0.25) is 0 Å². The SMILES string of the molecule is Cc1ccc(-c2nc(COC3CCCC(CN(C)[C@H](C(=O)O)C(C)C)C3)c(C)o2)cc1.Cc1ccc(-c2nc(COC3CCCC(CN[C@H](C(=O)OC(C)(C)C)C(C)C)C3)c(C)o2)cc1.O=C(O)C(F)(F)F. The van der Waals surface area contributed by atoms with E-state index in [9.17, 15) is 27.9 Å². The Bertz CT molecular complexity index is 2300. The topological polar surface area (TPSA) is 187 Å². The summed E-state index contributed by atoms with van der Waals surface area (Å²) in [6.07, 6.45) is 3.81. The Morgan fingerprint density at radius 2 is 1.15 bits per heavy atom. The largest absolute Gasteiger partial charge is 0.490 e. The predicted molar refractivity (Wildman–Crippen MR) is 269 cm³/mol. The minimum absolute atomic E-state index is 0.0796. The number of carboxylic acids is 2. The number of halogens is 3. The second kappa shape index (κ2) is 27.3. The molecule has 0 aliphatic heterocycles. The lowest BCUT2D eigenvalue weighted by Gasteiger charge is -2.35. The molecule has 2 aliphatic carbocycles. The molecule has 2 saturated carbocycles. The fourth-order valence-electron chi connectivity index (χ4n) is 9.05. The molecule has 6 atom stereocenters. The lowest BCUT2D eigenvalue weighted by molar-refractivity contribution is -0.192. The first-order chi connectivity index (χ1) is 33.7. The smallest absolute Gasteiger partial charge is 0.480 e. The number of carboxylic acid groups (broad SMARTS) is 2. The third kappa shape index (κ3) is 19.4. The van der Waals surface area contributed by atoms with Gasteiger partial charge in [-0.2, -0.15) is 13.2 Å². The van der Waals surface area contributed by atoms with E-state index in [2.05, 4.69) is 67.2 Å². The number of oxazole rings is 2. The molecule has 0 radical (unpaired) electrons. The molecule has 400 valence electrons. The molecular weight excluding hydrogens is 934 g/mol. The first-order valence-electron chi connectivity index (χ1n) is 25.2. The van der Waals surface area contributed by atoms with Gasteiger partial charge in [0.05, 0.1) is 25.4 Å². The van der Waals surface area contributed by atoms with Crippen LogP contribution in [0.15, 0.2) is 57.4 Å². The quantitative estimate of drug-likeness (QED) is 0.0799. The number of benzene rings is 2. The van der Waals surface area contributed by atoms with Gasteiger partial charge in [0.15, 0.2) is 0 Å². The number of rotatable bonds is 18. The van der Waals surface area contributed by atoms with Crippen molar-refractivity contribution < 1.29 is 60.8 Å². The van der Waals surface area contributed by atoms with Gasteiger partial charge in [0.1, 0.15) is 40.6 Å². The number of nitrogens with zero attached hydrogens (tertiary/aromatic N) is 3. The summed E-state index contributed by atoms with van der Waals surface area (Å²) in [7, 11) is 1.93. The van der Waals surface area contributed by atoms with Crippen LogP contribution in [0.25, 0.3) is 22.9 Å². The second-order valence-corrected chi connectivity index (χ2v) is 21.1. The maximum Gasteiger partial charge on any atom is 0.490 e. The van der Waals surface area contributed by atoms with E-state index in [1.54, 1.807) is 0 Å². The molecule has 4 unspecified atom stereocenters. The first-order valence-corrected chi connectivity index (χ1v) is 25.2. The van der Waals surface area contributed by atoms with E-state index in [1.807, 2.05) is 84.7 Å². The molecule has 3 N–H and O–H groups in total. The van der Waals surface area contributed by atoms with E-state index >= 15 is 0 Å². The molecule has 2 fully saturated rings. The first kappa shape index (κ1) is 59.5.